The van der Waals surface area contributed by atoms with Crippen molar-refractivity contribution in [3.8, 4) is 0 Å². The lowest BCUT2D eigenvalue weighted by Gasteiger charge is -2.09. The Bertz CT molecular complexity index is 797. The minimum Gasteiger partial charge on any atom is -0.347 e. The smallest absolute Gasteiger partial charge is 0.208 e. The molecule has 0 spiro atoms. The molecule has 22 heavy (non-hydrogen) atoms. The van der Waals surface area contributed by atoms with Gasteiger partial charge in [0, 0.05) is 0 Å². The average molecular weight is 316 g/mol. The lowest BCUT2D eigenvalue weighted by atomic mass is 9.98. The van der Waals surface area contributed by atoms with Crippen LogP contribution in [-0.2, 0) is 14.6 Å². The summed E-state index contributed by atoms with van der Waals surface area (Å²) in [4.78, 5) is 0.327. The summed E-state index contributed by atoms with van der Waals surface area (Å²) in [5, 5.41) is 0. The molecule has 0 N–H and O–H groups in total. The van der Waals surface area contributed by atoms with Crippen LogP contribution in [0.25, 0.3) is 0 Å². The van der Waals surface area contributed by atoms with Gasteiger partial charge in [-0.15, -0.1) is 0 Å². The lowest BCUT2D eigenvalue weighted by Crippen LogP contribution is -2.10. The van der Waals surface area contributed by atoms with Gasteiger partial charge in [-0.25, -0.2) is 8.42 Å². The molecule has 0 aromatic heterocycles. The number of benzene rings is 2. The number of sulfone groups is 1. The van der Waals surface area contributed by atoms with Gasteiger partial charge in [-0.2, -0.15) is 0 Å². The highest BCUT2D eigenvalue weighted by Gasteiger charge is 2.51. The molecule has 0 radical (unpaired) electrons. The van der Waals surface area contributed by atoms with Gasteiger partial charge in [0.25, 0.3) is 0 Å². The van der Waals surface area contributed by atoms with E-state index in [1.165, 1.54) is 5.56 Å². The second kappa shape index (κ2) is 5.21. The first-order valence-electron chi connectivity index (χ1n) is 7.34. The minimum absolute atomic E-state index is 0.327. The standard InChI is InChI=1S/C18H20O3S/c1-11-5-7-15(8-6-11)22(19,20)18-17(21-18)16-13(3)9-12(2)10-14(16)4/h5-10,17-18H,1-4H3/t17-,18-/m0/s1. The summed E-state index contributed by atoms with van der Waals surface area (Å²) in [6.45, 7) is 7.99. The van der Waals surface area contributed by atoms with E-state index in [1.807, 2.05) is 39.8 Å². The maximum Gasteiger partial charge on any atom is 0.208 e. The molecule has 3 nitrogen and oxygen atoms in total. The molecule has 1 heterocycles. The molecule has 2 aromatic carbocycles. The van der Waals surface area contributed by atoms with E-state index in [9.17, 15) is 8.42 Å². The van der Waals surface area contributed by atoms with E-state index < -0.39 is 15.3 Å². The van der Waals surface area contributed by atoms with Crippen LogP contribution in [0.1, 0.15) is 33.9 Å². The van der Waals surface area contributed by atoms with Crippen molar-refractivity contribution < 1.29 is 13.2 Å². The predicted molar refractivity (Wildman–Crippen MR) is 86.6 cm³/mol. The molecule has 0 aliphatic carbocycles. The molecule has 1 saturated heterocycles. The third-order valence-electron chi connectivity index (χ3n) is 4.13. The van der Waals surface area contributed by atoms with E-state index in [4.69, 9.17) is 4.74 Å². The summed E-state index contributed by atoms with van der Waals surface area (Å²) < 4.78 is 30.9. The number of aryl methyl sites for hydroxylation is 4. The number of hydrogen-bond acceptors (Lipinski definition) is 3. The molecule has 0 amide bonds. The predicted octanol–water partition coefficient (Wildman–Crippen LogP) is 3.79. The van der Waals surface area contributed by atoms with Crippen LogP contribution in [0, 0.1) is 27.7 Å². The molecule has 0 saturated carbocycles. The first kappa shape index (κ1) is 15.3. The maximum atomic E-state index is 12.7. The van der Waals surface area contributed by atoms with Crippen LogP contribution in [0.5, 0.6) is 0 Å². The van der Waals surface area contributed by atoms with Gasteiger partial charge in [0.05, 0.1) is 4.90 Å². The summed E-state index contributed by atoms with van der Waals surface area (Å²) in [6, 6.07) is 11.1. The van der Waals surface area contributed by atoms with Crippen molar-refractivity contribution in [1.29, 1.82) is 0 Å². The third kappa shape index (κ3) is 2.57. The highest BCUT2D eigenvalue weighted by Crippen LogP contribution is 2.46. The highest BCUT2D eigenvalue weighted by atomic mass is 32.2. The maximum absolute atomic E-state index is 12.7. The van der Waals surface area contributed by atoms with E-state index in [0.29, 0.717) is 4.90 Å². The molecule has 1 aliphatic rings. The molecule has 3 rings (SSSR count). The van der Waals surface area contributed by atoms with Gasteiger partial charge in [0.2, 0.25) is 9.84 Å². The summed E-state index contributed by atoms with van der Waals surface area (Å²) >= 11 is 0. The van der Waals surface area contributed by atoms with Gasteiger partial charge in [0.15, 0.2) is 5.44 Å². The van der Waals surface area contributed by atoms with Gasteiger partial charge in [-0.1, -0.05) is 35.4 Å². The van der Waals surface area contributed by atoms with Crippen molar-refractivity contribution >= 4 is 9.84 Å². The van der Waals surface area contributed by atoms with Crippen LogP contribution >= 0.6 is 0 Å². The third-order valence-corrected chi connectivity index (χ3v) is 6.03. The number of rotatable bonds is 3. The first-order valence-corrected chi connectivity index (χ1v) is 8.89. The van der Waals surface area contributed by atoms with E-state index in [1.54, 1.807) is 12.1 Å². The van der Waals surface area contributed by atoms with Gasteiger partial charge in [-0.3, -0.25) is 0 Å². The summed E-state index contributed by atoms with van der Waals surface area (Å²) in [5.41, 5.74) is 4.63. The number of epoxide rings is 1. The van der Waals surface area contributed by atoms with Gasteiger partial charge in [-0.05, 0) is 56.5 Å². The van der Waals surface area contributed by atoms with Crippen molar-refractivity contribution in [1.82, 2.24) is 0 Å². The van der Waals surface area contributed by atoms with Crippen molar-refractivity contribution in [3.05, 3.63) is 64.2 Å². The fraction of sp³-hybridized carbons (Fsp3) is 0.333. The Balaban J connectivity index is 1.93. The van der Waals surface area contributed by atoms with E-state index in [0.717, 1.165) is 22.3 Å². The second-order valence-corrected chi connectivity index (χ2v) is 8.12. The Kier molecular flexibility index (Phi) is 3.62. The lowest BCUT2D eigenvalue weighted by molar-refractivity contribution is 0.398. The zero-order chi connectivity index (χ0) is 16.1. The number of hydrogen-bond donors (Lipinski definition) is 0. The fourth-order valence-electron chi connectivity index (χ4n) is 3.04. The van der Waals surface area contributed by atoms with Crippen LogP contribution < -0.4 is 0 Å². The van der Waals surface area contributed by atoms with Crippen LogP contribution in [0.15, 0.2) is 41.3 Å². The van der Waals surface area contributed by atoms with Crippen LogP contribution in [0.4, 0.5) is 0 Å². The summed E-state index contributed by atoms with van der Waals surface area (Å²) in [5.74, 6) is 0. The Morgan fingerprint density at radius 3 is 1.95 bits per heavy atom. The van der Waals surface area contributed by atoms with Crippen LogP contribution in [-0.4, -0.2) is 13.9 Å². The first-order chi connectivity index (χ1) is 10.3. The molecule has 2 aromatic rings. The average Bonchev–Trinajstić information content (AvgIpc) is 3.19. The monoisotopic (exact) mass is 316 g/mol. The molecule has 0 unspecified atom stereocenters. The summed E-state index contributed by atoms with van der Waals surface area (Å²) in [6.07, 6.45) is -0.355. The van der Waals surface area contributed by atoms with Gasteiger partial charge in [0.1, 0.15) is 6.10 Å². The van der Waals surface area contributed by atoms with E-state index in [2.05, 4.69) is 12.1 Å². The largest absolute Gasteiger partial charge is 0.347 e. The molecule has 1 fully saturated rings. The van der Waals surface area contributed by atoms with Crippen LogP contribution in [0.2, 0.25) is 0 Å². The molecule has 2 atom stereocenters. The fourth-order valence-corrected chi connectivity index (χ4v) is 4.55. The Morgan fingerprint density at radius 2 is 1.41 bits per heavy atom. The molecular weight excluding hydrogens is 296 g/mol. The molecule has 0 bridgehead atoms. The molecular formula is C18H20O3S. The van der Waals surface area contributed by atoms with E-state index >= 15 is 0 Å². The topological polar surface area (TPSA) is 46.7 Å². The zero-order valence-corrected chi connectivity index (χ0v) is 14.1. The quantitative estimate of drug-likeness (QED) is 0.809. The Hall–Kier alpha value is -1.65. The summed E-state index contributed by atoms with van der Waals surface area (Å²) in [7, 11) is -3.45. The molecule has 116 valence electrons. The van der Waals surface area contributed by atoms with Crippen molar-refractivity contribution in [2.24, 2.45) is 0 Å². The Labute approximate surface area is 131 Å². The zero-order valence-electron chi connectivity index (χ0n) is 13.3. The van der Waals surface area contributed by atoms with Gasteiger partial charge < -0.3 is 4.74 Å². The van der Waals surface area contributed by atoms with Crippen molar-refractivity contribution in [2.45, 2.75) is 44.1 Å². The molecule has 4 heteroatoms. The molecule has 1 aliphatic heterocycles. The van der Waals surface area contributed by atoms with Crippen molar-refractivity contribution in [2.75, 3.05) is 0 Å². The van der Waals surface area contributed by atoms with Crippen molar-refractivity contribution in [3.63, 3.8) is 0 Å². The Morgan fingerprint density at radius 1 is 0.864 bits per heavy atom. The van der Waals surface area contributed by atoms with E-state index in [-0.39, 0.29) is 6.10 Å². The van der Waals surface area contributed by atoms with Crippen LogP contribution in [0.3, 0.4) is 0 Å². The SMILES string of the molecule is Cc1ccc(S(=O)(=O)[C@@H]2O[C@H]2c2c(C)cc(C)cc2C)cc1. The minimum atomic E-state index is -3.45. The number of ether oxygens (including phenoxy) is 1. The highest BCUT2D eigenvalue weighted by molar-refractivity contribution is 7.92. The second-order valence-electron chi connectivity index (χ2n) is 6.10. The normalized spacial score (nSPS) is 20.9. The van der Waals surface area contributed by atoms with Gasteiger partial charge >= 0.3 is 0 Å².